The Morgan fingerprint density at radius 3 is 2.60 bits per heavy atom. The number of amides is 1. The molecule has 0 bridgehead atoms. The molecule has 5 heteroatoms. The molecule has 4 N–H and O–H groups in total. The Morgan fingerprint density at radius 2 is 2.00 bits per heavy atom. The molecule has 1 amide bonds. The second kappa shape index (κ2) is 5.00. The lowest BCUT2D eigenvalue weighted by atomic mass is 9.92. The van der Waals surface area contributed by atoms with Gasteiger partial charge in [-0.2, -0.15) is 5.10 Å². The molecule has 2 rings (SSSR count). The number of H-pyrrole nitrogens is 1. The normalized spacial score (nSPS) is 11.4. The van der Waals surface area contributed by atoms with Gasteiger partial charge in [0, 0.05) is 22.9 Å². The van der Waals surface area contributed by atoms with E-state index < -0.39 is 0 Å². The zero-order valence-corrected chi connectivity index (χ0v) is 12.2. The molecule has 0 radical (unpaired) electrons. The van der Waals surface area contributed by atoms with Gasteiger partial charge in [0.2, 0.25) is 0 Å². The van der Waals surface area contributed by atoms with Crippen molar-refractivity contribution >= 4 is 17.4 Å². The van der Waals surface area contributed by atoms with Crippen molar-refractivity contribution in [2.24, 2.45) is 0 Å². The molecule has 106 valence electrons. The van der Waals surface area contributed by atoms with Gasteiger partial charge in [-0.05, 0) is 19.1 Å². The smallest absolute Gasteiger partial charge is 0.258 e. The number of nitrogens with zero attached hydrogens (tertiary/aromatic N) is 1. The molecular weight excluding hydrogens is 252 g/mol. The van der Waals surface area contributed by atoms with Crippen LogP contribution in [0, 0.1) is 6.92 Å². The summed E-state index contributed by atoms with van der Waals surface area (Å²) in [6.07, 6.45) is 0. The summed E-state index contributed by atoms with van der Waals surface area (Å²) in [6, 6.07) is 7.21. The van der Waals surface area contributed by atoms with Gasteiger partial charge in [0.1, 0.15) is 0 Å². The first-order valence-corrected chi connectivity index (χ1v) is 6.51. The minimum absolute atomic E-state index is 0.0433. The summed E-state index contributed by atoms with van der Waals surface area (Å²) in [7, 11) is 0. The van der Waals surface area contributed by atoms with Gasteiger partial charge in [-0.25, -0.2) is 0 Å². The number of hydrogen-bond donors (Lipinski definition) is 3. The Labute approximate surface area is 118 Å². The summed E-state index contributed by atoms with van der Waals surface area (Å²) in [5, 5.41) is 9.79. The zero-order valence-electron chi connectivity index (χ0n) is 12.2. The molecule has 2 aromatic rings. The number of carbonyl (C=O) groups is 1. The minimum Gasteiger partial charge on any atom is -0.398 e. The van der Waals surface area contributed by atoms with Crippen LogP contribution < -0.4 is 11.1 Å². The highest BCUT2D eigenvalue weighted by molar-refractivity contribution is 6.07. The topological polar surface area (TPSA) is 83.8 Å². The fraction of sp³-hybridized carbons (Fsp3) is 0.333. The molecule has 20 heavy (non-hydrogen) atoms. The Morgan fingerprint density at radius 1 is 1.30 bits per heavy atom. The molecule has 1 aromatic heterocycles. The summed E-state index contributed by atoms with van der Waals surface area (Å²) in [4.78, 5) is 12.2. The first kappa shape index (κ1) is 14.1. The SMILES string of the molecule is Cc1ccc(N)c(C(=O)Nc2cc(C(C)(C)C)[nH]n2)c1. The molecule has 0 fully saturated rings. The van der Waals surface area contributed by atoms with Crippen LogP contribution in [0.5, 0.6) is 0 Å². The third-order valence-electron chi connectivity index (χ3n) is 3.08. The van der Waals surface area contributed by atoms with Crippen molar-refractivity contribution in [1.29, 1.82) is 0 Å². The van der Waals surface area contributed by atoms with E-state index in [1.807, 2.05) is 19.1 Å². The van der Waals surface area contributed by atoms with Crippen molar-refractivity contribution in [2.75, 3.05) is 11.1 Å². The van der Waals surface area contributed by atoms with Crippen LogP contribution in [-0.4, -0.2) is 16.1 Å². The average Bonchev–Trinajstić information content (AvgIpc) is 2.80. The van der Waals surface area contributed by atoms with Crippen molar-refractivity contribution in [3.05, 3.63) is 41.1 Å². The van der Waals surface area contributed by atoms with Crippen LogP contribution >= 0.6 is 0 Å². The van der Waals surface area contributed by atoms with Crippen molar-refractivity contribution < 1.29 is 4.79 Å². The van der Waals surface area contributed by atoms with E-state index in [9.17, 15) is 4.79 Å². The van der Waals surface area contributed by atoms with Gasteiger partial charge in [0.25, 0.3) is 5.91 Å². The van der Waals surface area contributed by atoms with Crippen molar-refractivity contribution in [3.63, 3.8) is 0 Å². The van der Waals surface area contributed by atoms with Crippen LogP contribution in [0.4, 0.5) is 11.5 Å². The average molecular weight is 272 g/mol. The fourth-order valence-electron chi connectivity index (χ4n) is 1.82. The first-order valence-electron chi connectivity index (χ1n) is 6.51. The van der Waals surface area contributed by atoms with E-state index in [0.717, 1.165) is 11.3 Å². The van der Waals surface area contributed by atoms with Crippen molar-refractivity contribution in [2.45, 2.75) is 33.1 Å². The second-order valence-electron chi connectivity index (χ2n) is 5.96. The molecule has 0 atom stereocenters. The summed E-state index contributed by atoms with van der Waals surface area (Å²) >= 11 is 0. The Bertz CT molecular complexity index is 638. The fourth-order valence-corrected chi connectivity index (χ4v) is 1.82. The lowest BCUT2D eigenvalue weighted by molar-refractivity contribution is 0.102. The van der Waals surface area contributed by atoms with Crippen LogP contribution in [0.25, 0.3) is 0 Å². The zero-order chi connectivity index (χ0) is 14.9. The molecule has 5 nitrogen and oxygen atoms in total. The van der Waals surface area contributed by atoms with E-state index in [4.69, 9.17) is 5.73 Å². The van der Waals surface area contributed by atoms with Gasteiger partial charge < -0.3 is 11.1 Å². The van der Waals surface area contributed by atoms with Gasteiger partial charge in [-0.3, -0.25) is 9.89 Å². The number of aryl methyl sites for hydroxylation is 1. The lowest BCUT2D eigenvalue weighted by Gasteiger charge is -2.14. The highest BCUT2D eigenvalue weighted by Gasteiger charge is 2.18. The van der Waals surface area contributed by atoms with Gasteiger partial charge >= 0.3 is 0 Å². The Kier molecular flexibility index (Phi) is 3.53. The van der Waals surface area contributed by atoms with Crippen LogP contribution in [0.2, 0.25) is 0 Å². The van der Waals surface area contributed by atoms with Gasteiger partial charge in [0.05, 0.1) is 5.56 Å². The van der Waals surface area contributed by atoms with Crippen molar-refractivity contribution in [3.8, 4) is 0 Å². The summed E-state index contributed by atoms with van der Waals surface area (Å²) in [6.45, 7) is 8.14. The maximum Gasteiger partial charge on any atom is 0.258 e. The summed E-state index contributed by atoms with van der Waals surface area (Å²) < 4.78 is 0. The van der Waals surface area contributed by atoms with Crippen LogP contribution in [0.1, 0.15) is 42.4 Å². The molecule has 0 unspecified atom stereocenters. The molecule has 0 aliphatic carbocycles. The van der Waals surface area contributed by atoms with E-state index in [1.165, 1.54) is 0 Å². The van der Waals surface area contributed by atoms with E-state index in [2.05, 4.69) is 36.3 Å². The third kappa shape index (κ3) is 2.99. The number of anilines is 2. The van der Waals surface area contributed by atoms with Gasteiger partial charge in [-0.1, -0.05) is 32.4 Å². The molecule has 1 heterocycles. The van der Waals surface area contributed by atoms with Crippen LogP contribution in [0.15, 0.2) is 24.3 Å². The molecule has 0 spiro atoms. The molecular formula is C15H20N4O. The van der Waals surface area contributed by atoms with Gasteiger partial charge in [0.15, 0.2) is 5.82 Å². The number of nitrogens with one attached hydrogen (secondary N) is 2. The summed E-state index contributed by atoms with van der Waals surface area (Å²) in [5.41, 5.74) is 8.66. The lowest BCUT2D eigenvalue weighted by Crippen LogP contribution is -2.14. The second-order valence-corrected chi connectivity index (χ2v) is 5.96. The highest BCUT2D eigenvalue weighted by Crippen LogP contribution is 2.22. The predicted octanol–water partition coefficient (Wildman–Crippen LogP) is 2.85. The maximum absolute atomic E-state index is 12.2. The molecule has 0 aliphatic heterocycles. The number of benzene rings is 1. The largest absolute Gasteiger partial charge is 0.398 e. The highest BCUT2D eigenvalue weighted by atomic mass is 16.1. The monoisotopic (exact) mass is 272 g/mol. The standard InChI is InChI=1S/C15H20N4O/c1-9-5-6-11(16)10(7-9)14(20)17-13-8-12(18-19-13)15(2,3)4/h5-8H,16H2,1-4H3,(H2,17,18,19,20). The number of aromatic amines is 1. The number of rotatable bonds is 2. The van der Waals surface area contributed by atoms with E-state index in [-0.39, 0.29) is 11.3 Å². The third-order valence-corrected chi connectivity index (χ3v) is 3.08. The summed E-state index contributed by atoms with van der Waals surface area (Å²) in [5.74, 6) is 0.249. The number of aromatic nitrogens is 2. The molecule has 0 aliphatic rings. The van der Waals surface area contributed by atoms with E-state index in [0.29, 0.717) is 17.1 Å². The Balaban J connectivity index is 2.20. The van der Waals surface area contributed by atoms with Crippen LogP contribution in [0.3, 0.4) is 0 Å². The first-order chi connectivity index (χ1) is 9.27. The predicted molar refractivity (Wildman–Crippen MR) is 80.8 cm³/mol. The molecule has 0 saturated heterocycles. The quantitative estimate of drug-likeness (QED) is 0.735. The number of nitrogen functional groups attached to an aromatic ring is 1. The number of nitrogens with two attached hydrogens (primary N) is 1. The van der Waals surface area contributed by atoms with Gasteiger partial charge in [-0.15, -0.1) is 0 Å². The molecule has 0 saturated carbocycles. The van der Waals surface area contributed by atoms with E-state index >= 15 is 0 Å². The van der Waals surface area contributed by atoms with Crippen molar-refractivity contribution in [1.82, 2.24) is 10.2 Å². The molecule has 1 aromatic carbocycles. The Hall–Kier alpha value is -2.30. The number of carbonyl (C=O) groups excluding carboxylic acids is 1. The minimum atomic E-state index is -0.252. The number of hydrogen-bond acceptors (Lipinski definition) is 3. The van der Waals surface area contributed by atoms with Crippen LogP contribution in [-0.2, 0) is 5.41 Å². The van der Waals surface area contributed by atoms with E-state index in [1.54, 1.807) is 12.1 Å². The maximum atomic E-state index is 12.2.